The molecule has 0 saturated heterocycles. The van der Waals surface area contributed by atoms with E-state index in [2.05, 4.69) is 9.97 Å². The first kappa shape index (κ1) is 17.0. The van der Waals surface area contributed by atoms with Crippen LogP contribution in [0.15, 0.2) is 72.9 Å². The molecule has 0 atom stereocenters. The van der Waals surface area contributed by atoms with Crippen molar-refractivity contribution in [1.29, 1.82) is 0 Å². The molecule has 0 saturated carbocycles. The van der Waals surface area contributed by atoms with Gasteiger partial charge in [-0.2, -0.15) is 0 Å². The van der Waals surface area contributed by atoms with Gasteiger partial charge < -0.3 is 0 Å². The summed E-state index contributed by atoms with van der Waals surface area (Å²) in [5.74, 6) is 0. The van der Waals surface area contributed by atoms with Gasteiger partial charge in [-0.25, -0.2) is 0 Å². The Balaban J connectivity index is 1.61. The monoisotopic (exact) mass is 352 g/mol. The summed E-state index contributed by atoms with van der Waals surface area (Å²) in [7, 11) is 0. The van der Waals surface area contributed by atoms with Crippen molar-refractivity contribution >= 4 is 0 Å². The second-order valence-corrected chi connectivity index (χ2v) is 6.56. The van der Waals surface area contributed by atoms with Gasteiger partial charge in [0, 0.05) is 41.0 Å². The molecule has 0 aliphatic heterocycles. The molecule has 0 spiro atoms. The van der Waals surface area contributed by atoms with E-state index < -0.39 is 0 Å². The minimum atomic E-state index is 0.678. The van der Waals surface area contributed by atoms with Crippen LogP contribution >= 0.6 is 0 Å². The average molecular weight is 352 g/mol. The molecule has 0 radical (unpaired) electrons. The molecule has 0 aliphatic rings. The van der Waals surface area contributed by atoms with Gasteiger partial charge in [-0.05, 0) is 62.4 Å². The normalized spacial score (nSPS) is 10.7. The summed E-state index contributed by atoms with van der Waals surface area (Å²) in [6, 6.07) is 22.2. The molecule has 132 valence electrons. The Hall–Kier alpha value is -3.40. The summed E-state index contributed by atoms with van der Waals surface area (Å²) in [5, 5.41) is 0. The topological polar surface area (TPSA) is 51.6 Å². The van der Waals surface area contributed by atoms with Crippen LogP contribution in [0.3, 0.4) is 0 Å². The van der Waals surface area contributed by atoms with Gasteiger partial charge in [0.25, 0.3) is 0 Å². The van der Waals surface area contributed by atoms with Crippen molar-refractivity contribution in [3.8, 4) is 22.6 Å². The summed E-state index contributed by atoms with van der Waals surface area (Å²) >= 11 is 0. The first-order valence-corrected chi connectivity index (χ1v) is 8.96. The number of nitrogens with zero attached hydrogens (tertiary/aromatic N) is 4. The fourth-order valence-electron chi connectivity index (χ4n) is 3.04. The molecule has 4 rings (SSSR count). The zero-order valence-corrected chi connectivity index (χ0v) is 15.4. The van der Waals surface area contributed by atoms with Gasteiger partial charge in [-0.1, -0.05) is 18.2 Å². The SMILES string of the molecule is Cc1cc(-c2cccc(Cc3cccc(-c4cccc(C)n4)n3)n2)ccn1. The number of pyridine rings is 4. The lowest BCUT2D eigenvalue weighted by atomic mass is 10.1. The van der Waals surface area contributed by atoms with E-state index in [0.717, 1.165) is 45.4 Å². The largest absolute Gasteiger partial charge is 0.262 e. The van der Waals surface area contributed by atoms with Crippen LogP contribution in [0.1, 0.15) is 22.8 Å². The molecule has 0 N–H and O–H groups in total. The van der Waals surface area contributed by atoms with Gasteiger partial charge in [0.05, 0.1) is 17.1 Å². The van der Waals surface area contributed by atoms with Gasteiger partial charge in [-0.3, -0.25) is 19.9 Å². The second-order valence-electron chi connectivity index (χ2n) is 6.56. The molecule has 4 heterocycles. The zero-order valence-electron chi connectivity index (χ0n) is 15.4. The minimum absolute atomic E-state index is 0.678. The average Bonchev–Trinajstić information content (AvgIpc) is 2.68. The number of rotatable bonds is 4. The molecule has 0 amide bonds. The second kappa shape index (κ2) is 7.46. The maximum atomic E-state index is 4.81. The molecular weight excluding hydrogens is 332 g/mol. The quantitative estimate of drug-likeness (QED) is 0.529. The highest BCUT2D eigenvalue weighted by molar-refractivity contribution is 5.59. The Morgan fingerprint density at radius 1 is 0.630 bits per heavy atom. The summed E-state index contributed by atoms with van der Waals surface area (Å²) in [6.45, 7) is 3.98. The smallest absolute Gasteiger partial charge is 0.0889 e. The number of hydrogen-bond donors (Lipinski definition) is 0. The van der Waals surface area contributed by atoms with E-state index in [1.54, 1.807) is 0 Å². The highest BCUT2D eigenvalue weighted by atomic mass is 14.8. The lowest BCUT2D eigenvalue weighted by Crippen LogP contribution is -1.98. The summed E-state index contributed by atoms with van der Waals surface area (Å²) in [5.41, 5.74) is 7.75. The van der Waals surface area contributed by atoms with Crippen LogP contribution in [0.5, 0.6) is 0 Å². The van der Waals surface area contributed by atoms with Gasteiger partial charge in [0.2, 0.25) is 0 Å². The molecule has 4 nitrogen and oxygen atoms in total. The van der Waals surface area contributed by atoms with E-state index in [4.69, 9.17) is 9.97 Å². The lowest BCUT2D eigenvalue weighted by molar-refractivity contribution is 1.01. The van der Waals surface area contributed by atoms with Gasteiger partial charge >= 0.3 is 0 Å². The first-order chi connectivity index (χ1) is 13.2. The van der Waals surface area contributed by atoms with E-state index >= 15 is 0 Å². The number of aryl methyl sites for hydroxylation is 2. The van der Waals surface area contributed by atoms with Crippen LogP contribution in [-0.4, -0.2) is 19.9 Å². The van der Waals surface area contributed by atoms with Crippen molar-refractivity contribution in [3.63, 3.8) is 0 Å². The number of hydrogen-bond acceptors (Lipinski definition) is 4. The third-order valence-electron chi connectivity index (χ3n) is 4.32. The molecule has 27 heavy (non-hydrogen) atoms. The molecule has 0 aromatic carbocycles. The molecule has 4 aromatic rings. The molecular formula is C23H20N4. The molecule has 4 heteroatoms. The standard InChI is InChI=1S/C23H20N4/c1-16-6-3-10-22(25-16)23-11-5-8-20(27-23)15-19-7-4-9-21(26-19)18-12-13-24-17(2)14-18/h3-14H,15H2,1-2H3. The van der Waals surface area contributed by atoms with Crippen LogP contribution in [0.4, 0.5) is 0 Å². The van der Waals surface area contributed by atoms with Crippen LogP contribution in [0, 0.1) is 13.8 Å². The Bertz CT molecular complexity index is 1000. The van der Waals surface area contributed by atoms with Crippen molar-refractivity contribution < 1.29 is 0 Å². The summed E-state index contributed by atoms with van der Waals surface area (Å²) in [6.07, 6.45) is 2.50. The predicted octanol–water partition coefficient (Wildman–Crippen LogP) is 4.81. The Morgan fingerprint density at radius 3 is 1.96 bits per heavy atom. The maximum absolute atomic E-state index is 4.81. The molecule has 0 fully saturated rings. The van der Waals surface area contributed by atoms with E-state index in [-0.39, 0.29) is 0 Å². The third-order valence-corrected chi connectivity index (χ3v) is 4.32. The van der Waals surface area contributed by atoms with Crippen LogP contribution in [0.25, 0.3) is 22.6 Å². The van der Waals surface area contributed by atoms with Gasteiger partial charge in [0.1, 0.15) is 0 Å². The molecule has 4 aromatic heterocycles. The minimum Gasteiger partial charge on any atom is -0.262 e. The Morgan fingerprint density at radius 2 is 1.26 bits per heavy atom. The highest BCUT2D eigenvalue weighted by Crippen LogP contribution is 2.19. The van der Waals surface area contributed by atoms with E-state index in [1.807, 2.05) is 86.8 Å². The van der Waals surface area contributed by atoms with E-state index in [9.17, 15) is 0 Å². The maximum Gasteiger partial charge on any atom is 0.0889 e. The van der Waals surface area contributed by atoms with Gasteiger partial charge in [0.15, 0.2) is 0 Å². The van der Waals surface area contributed by atoms with Crippen LogP contribution in [0.2, 0.25) is 0 Å². The van der Waals surface area contributed by atoms with Crippen molar-refractivity contribution in [2.75, 3.05) is 0 Å². The molecule has 0 unspecified atom stereocenters. The van der Waals surface area contributed by atoms with Crippen molar-refractivity contribution in [2.45, 2.75) is 20.3 Å². The zero-order chi connectivity index (χ0) is 18.6. The first-order valence-electron chi connectivity index (χ1n) is 8.96. The fourth-order valence-corrected chi connectivity index (χ4v) is 3.04. The van der Waals surface area contributed by atoms with Gasteiger partial charge in [-0.15, -0.1) is 0 Å². The predicted molar refractivity (Wildman–Crippen MR) is 107 cm³/mol. The summed E-state index contributed by atoms with van der Waals surface area (Å²) in [4.78, 5) is 18.4. The number of aromatic nitrogens is 4. The lowest BCUT2D eigenvalue weighted by Gasteiger charge is -2.07. The van der Waals surface area contributed by atoms with Crippen LogP contribution < -0.4 is 0 Å². The van der Waals surface area contributed by atoms with Crippen molar-refractivity contribution in [1.82, 2.24) is 19.9 Å². The molecule has 0 bridgehead atoms. The van der Waals surface area contributed by atoms with E-state index in [1.165, 1.54) is 0 Å². The van der Waals surface area contributed by atoms with Crippen molar-refractivity contribution in [3.05, 3.63) is 95.7 Å². The summed E-state index contributed by atoms with van der Waals surface area (Å²) < 4.78 is 0. The highest BCUT2D eigenvalue weighted by Gasteiger charge is 2.06. The van der Waals surface area contributed by atoms with Crippen LogP contribution in [-0.2, 0) is 6.42 Å². The Labute approximate surface area is 159 Å². The van der Waals surface area contributed by atoms with Crippen molar-refractivity contribution in [2.24, 2.45) is 0 Å². The third kappa shape index (κ3) is 4.06. The Kier molecular flexibility index (Phi) is 4.71. The van der Waals surface area contributed by atoms with E-state index in [0.29, 0.717) is 6.42 Å². The fraction of sp³-hybridized carbons (Fsp3) is 0.130. The molecule has 0 aliphatic carbocycles.